The second-order valence-corrected chi connectivity index (χ2v) is 9.58. The van der Waals surface area contributed by atoms with Crippen molar-refractivity contribution in [3.05, 3.63) is 126 Å². The normalized spacial score (nSPS) is 10.8. The van der Waals surface area contributed by atoms with E-state index in [1.54, 1.807) is 31.3 Å². The van der Waals surface area contributed by atoms with Crippen molar-refractivity contribution in [3.8, 4) is 17.1 Å². The molecular formula is C30H27N5O2S. The first-order valence-electron chi connectivity index (χ1n) is 12.2. The highest BCUT2D eigenvalue weighted by Gasteiger charge is 2.16. The van der Waals surface area contributed by atoms with E-state index in [2.05, 4.69) is 37.2 Å². The van der Waals surface area contributed by atoms with E-state index >= 15 is 0 Å². The molecular weight excluding hydrogens is 494 g/mol. The van der Waals surface area contributed by atoms with E-state index < -0.39 is 0 Å². The van der Waals surface area contributed by atoms with Crippen LogP contribution >= 0.6 is 11.8 Å². The molecule has 0 aliphatic heterocycles. The molecule has 5 aromatic rings. The van der Waals surface area contributed by atoms with Crippen LogP contribution in [0.2, 0.25) is 0 Å². The number of benzene rings is 3. The van der Waals surface area contributed by atoms with Crippen LogP contribution in [0.15, 0.2) is 109 Å². The molecule has 8 heteroatoms. The molecule has 0 unspecified atom stereocenters. The van der Waals surface area contributed by atoms with Gasteiger partial charge in [-0.3, -0.25) is 14.3 Å². The minimum atomic E-state index is -0.105. The number of aromatic nitrogens is 4. The SMILES string of the molecule is COc1cccc(-c2nnc(SCc3ccc(C(=O)NCc4ccncc4)cc3)n2Cc2ccccc2)c1. The van der Waals surface area contributed by atoms with Crippen molar-refractivity contribution in [2.75, 3.05) is 7.11 Å². The number of ether oxygens (including phenoxy) is 1. The number of methoxy groups -OCH3 is 1. The van der Waals surface area contributed by atoms with Gasteiger partial charge in [-0.05, 0) is 53.1 Å². The van der Waals surface area contributed by atoms with Crippen LogP contribution in [0.4, 0.5) is 0 Å². The van der Waals surface area contributed by atoms with Gasteiger partial charge in [0, 0.05) is 35.8 Å². The number of carbonyl (C=O) groups excluding carboxylic acids is 1. The quantitative estimate of drug-likeness (QED) is 0.240. The smallest absolute Gasteiger partial charge is 0.251 e. The third-order valence-electron chi connectivity index (χ3n) is 6.01. The van der Waals surface area contributed by atoms with Crippen molar-refractivity contribution in [1.82, 2.24) is 25.1 Å². The van der Waals surface area contributed by atoms with Crippen LogP contribution in [0.1, 0.15) is 27.0 Å². The summed E-state index contributed by atoms with van der Waals surface area (Å²) in [4.78, 5) is 16.5. The van der Waals surface area contributed by atoms with Gasteiger partial charge < -0.3 is 10.1 Å². The predicted molar refractivity (Wildman–Crippen MR) is 149 cm³/mol. The highest BCUT2D eigenvalue weighted by Crippen LogP contribution is 2.29. The summed E-state index contributed by atoms with van der Waals surface area (Å²) in [6.45, 7) is 1.12. The Bertz CT molecular complexity index is 1490. The summed E-state index contributed by atoms with van der Waals surface area (Å²) in [6.07, 6.45) is 3.43. The van der Waals surface area contributed by atoms with Crippen molar-refractivity contribution in [2.24, 2.45) is 0 Å². The summed E-state index contributed by atoms with van der Waals surface area (Å²) >= 11 is 1.62. The van der Waals surface area contributed by atoms with E-state index in [-0.39, 0.29) is 5.91 Å². The molecule has 0 saturated carbocycles. The van der Waals surface area contributed by atoms with E-state index in [0.717, 1.165) is 33.4 Å². The number of nitrogens with one attached hydrogen (secondary N) is 1. The predicted octanol–water partition coefficient (Wildman–Crippen LogP) is 5.62. The van der Waals surface area contributed by atoms with Crippen molar-refractivity contribution >= 4 is 17.7 Å². The molecule has 0 atom stereocenters. The Morgan fingerprint density at radius 2 is 1.66 bits per heavy atom. The molecule has 190 valence electrons. The topological polar surface area (TPSA) is 81.9 Å². The third kappa shape index (κ3) is 6.27. The van der Waals surface area contributed by atoms with Crippen LogP contribution < -0.4 is 10.1 Å². The molecule has 2 heterocycles. The molecule has 0 fully saturated rings. The lowest BCUT2D eigenvalue weighted by Gasteiger charge is -2.11. The number of carbonyl (C=O) groups is 1. The maximum Gasteiger partial charge on any atom is 0.251 e. The molecule has 3 aromatic carbocycles. The molecule has 5 rings (SSSR count). The van der Waals surface area contributed by atoms with Crippen molar-refractivity contribution in [3.63, 3.8) is 0 Å². The molecule has 1 amide bonds. The molecule has 0 aliphatic rings. The van der Waals surface area contributed by atoms with Crippen LogP contribution in [0.3, 0.4) is 0 Å². The van der Waals surface area contributed by atoms with Crippen LogP contribution in [0.5, 0.6) is 5.75 Å². The van der Waals surface area contributed by atoms with Crippen LogP contribution in [-0.2, 0) is 18.8 Å². The molecule has 38 heavy (non-hydrogen) atoms. The van der Waals surface area contributed by atoms with Gasteiger partial charge in [0.1, 0.15) is 5.75 Å². The molecule has 1 N–H and O–H groups in total. The monoisotopic (exact) mass is 521 g/mol. The van der Waals surface area contributed by atoms with Crippen LogP contribution in [0.25, 0.3) is 11.4 Å². The summed E-state index contributed by atoms with van der Waals surface area (Å²) in [5.74, 6) is 2.16. The lowest BCUT2D eigenvalue weighted by Crippen LogP contribution is -2.22. The molecule has 0 saturated heterocycles. The lowest BCUT2D eigenvalue weighted by molar-refractivity contribution is 0.0951. The van der Waals surface area contributed by atoms with E-state index in [4.69, 9.17) is 4.74 Å². The second kappa shape index (κ2) is 12.2. The first-order valence-corrected chi connectivity index (χ1v) is 13.2. The summed E-state index contributed by atoms with van der Waals surface area (Å²) in [7, 11) is 1.66. The Labute approximate surface area is 225 Å². The average molecular weight is 522 g/mol. The minimum absolute atomic E-state index is 0.105. The third-order valence-corrected chi connectivity index (χ3v) is 7.05. The summed E-state index contributed by atoms with van der Waals surface area (Å²) in [5, 5.41) is 12.8. The van der Waals surface area contributed by atoms with E-state index in [1.165, 1.54) is 5.56 Å². The number of amides is 1. The Kier molecular flexibility index (Phi) is 8.10. The summed E-state index contributed by atoms with van der Waals surface area (Å²) in [5.41, 5.74) is 4.84. The summed E-state index contributed by atoms with van der Waals surface area (Å²) < 4.78 is 7.55. The molecule has 0 radical (unpaired) electrons. The van der Waals surface area contributed by atoms with E-state index in [0.29, 0.717) is 24.4 Å². The van der Waals surface area contributed by atoms with E-state index in [1.807, 2.05) is 78.9 Å². The molecule has 0 aliphatic carbocycles. The zero-order valence-corrected chi connectivity index (χ0v) is 21.8. The number of thioether (sulfide) groups is 1. The zero-order chi connectivity index (χ0) is 26.2. The van der Waals surface area contributed by atoms with Gasteiger partial charge in [0.2, 0.25) is 0 Å². The number of rotatable bonds is 10. The zero-order valence-electron chi connectivity index (χ0n) is 20.9. The maximum absolute atomic E-state index is 12.5. The van der Waals surface area contributed by atoms with Gasteiger partial charge in [0.25, 0.3) is 5.91 Å². The van der Waals surface area contributed by atoms with Crippen LogP contribution in [0, 0.1) is 0 Å². The summed E-state index contributed by atoms with van der Waals surface area (Å²) in [6, 6.07) is 29.6. The first-order chi connectivity index (χ1) is 18.7. The van der Waals surface area contributed by atoms with Crippen LogP contribution in [-0.4, -0.2) is 32.8 Å². The molecule has 7 nitrogen and oxygen atoms in total. The fourth-order valence-electron chi connectivity index (χ4n) is 3.96. The number of nitrogens with zero attached hydrogens (tertiary/aromatic N) is 4. The minimum Gasteiger partial charge on any atom is -0.497 e. The highest BCUT2D eigenvalue weighted by molar-refractivity contribution is 7.98. The lowest BCUT2D eigenvalue weighted by atomic mass is 10.1. The Hall–Kier alpha value is -4.43. The first kappa shape index (κ1) is 25.2. The Morgan fingerprint density at radius 1 is 0.868 bits per heavy atom. The van der Waals surface area contributed by atoms with Gasteiger partial charge in [-0.1, -0.05) is 66.4 Å². The Balaban J connectivity index is 1.29. The average Bonchev–Trinajstić information content (AvgIpc) is 3.38. The highest BCUT2D eigenvalue weighted by atomic mass is 32.2. The fourth-order valence-corrected chi connectivity index (χ4v) is 4.86. The molecule has 2 aromatic heterocycles. The number of hydrogen-bond acceptors (Lipinski definition) is 6. The van der Waals surface area contributed by atoms with Crippen molar-refractivity contribution < 1.29 is 9.53 Å². The fraction of sp³-hybridized carbons (Fsp3) is 0.133. The number of hydrogen-bond donors (Lipinski definition) is 1. The van der Waals surface area contributed by atoms with Gasteiger partial charge in [0.15, 0.2) is 11.0 Å². The van der Waals surface area contributed by atoms with Crippen molar-refractivity contribution in [2.45, 2.75) is 24.0 Å². The molecule has 0 spiro atoms. The van der Waals surface area contributed by atoms with Gasteiger partial charge in [-0.25, -0.2) is 0 Å². The maximum atomic E-state index is 12.5. The van der Waals surface area contributed by atoms with Gasteiger partial charge >= 0.3 is 0 Å². The van der Waals surface area contributed by atoms with Crippen molar-refractivity contribution in [1.29, 1.82) is 0 Å². The second-order valence-electron chi connectivity index (χ2n) is 8.63. The largest absolute Gasteiger partial charge is 0.497 e. The van der Waals surface area contributed by atoms with E-state index in [9.17, 15) is 4.79 Å². The number of pyridine rings is 1. The van der Waals surface area contributed by atoms with Gasteiger partial charge in [-0.15, -0.1) is 10.2 Å². The van der Waals surface area contributed by atoms with Gasteiger partial charge in [0.05, 0.1) is 13.7 Å². The Morgan fingerprint density at radius 3 is 2.42 bits per heavy atom. The standard InChI is InChI=1S/C30H27N5O2S/c1-37-27-9-5-8-26(18-27)28-33-34-30(35(28)20-23-6-3-2-4-7-23)38-21-24-10-12-25(13-11-24)29(36)32-19-22-14-16-31-17-15-22/h2-18H,19-21H2,1H3,(H,32,36). The van der Waals surface area contributed by atoms with Gasteiger partial charge in [-0.2, -0.15) is 0 Å². The molecule has 0 bridgehead atoms.